The summed E-state index contributed by atoms with van der Waals surface area (Å²) in [6.07, 6.45) is 3.50. The van der Waals surface area contributed by atoms with Gasteiger partial charge in [-0.05, 0) is 38.0 Å². The molecule has 0 radical (unpaired) electrons. The number of methoxy groups -OCH3 is 1. The molecule has 106 valence electrons. The summed E-state index contributed by atoms with van der Waals surface area (Å²) in [5.74, 6) is 0.458. The highest BCUT2D eigenvalue weighted by Crippen LogP contribution is 2.20. The number of H-pyrrole nitrogens is 1. The minimum atomic E-state index is -0.106. The standard InChI is InChI=1S/C15H19N3O2/c1-9-5-11(3)18-15(20-4)13(9)8-17-14(19)12-7-16-6-10(12)2/h5-7,16H,8H2,1-4H3,(H,17,19). The second-order valence-corrected chi connectivity index (χ2v) is 4.80. The van der Waals surface area contributed by atoms with E-state index in [1.165, 1.54) is 0 Å². The van der Waals surface area contributed by atoms with Gasteiger partial charge < -0.3 is 15.0 Å². The molecular formula is C15H19N3O2. The molecule has 2 aromatic rings. The summed E-state index contributed by atoms with van der Waals surface area (Å²) in [5, 5.41) is 2.90. The molecule has 0 aliphatic carbocycles. The number of nitrogens with one attached hydrogen (secondary N) is 2. The van der Waals surface area contributed by atoms with Crippen molar-refractivity contribution in [2.45, 2.75) is 27.3 Å². The van der Waals surface area contributed by atoms with E-state index in [1.807, 2.05) is 26.8 Å². The minimum absolute atomic E-state index is 0.106. The highest BCUT2D eigenvalue weighted by atomic mass is 16.5. The van der Waals surface area contributed by atoms with E-state index in [0.29, 0.717) is 18.0 Å². The van der Waals surface area contributed by atoms with E-state index in [-0.39, 0.29) is 5.91 Å². The smallest absolute Gasteiger partial charge is 0.253 e. The zero-order chi connectivity index (χ0) is 14.7. The van der Waals surface area contributed by atoms with Crippen molar-refractivity contribution in [3.05, 3.63) is 46.4 Å². The average molecular weight is 273 g/mol. The fraction of sp³-hybridized carbons (Fsp3) is 0.333. The van der Waals surface area contributed by atoms with Gasteiger partial charge in [0, 0.05) is 30.2 Å². The second kappa shape index (κ2) is 5.77. The molecule has 0 bridgehead atoms. The largest absolute Gasteiger partial charge is 0.481 e. The predicted octanol–water partition coefficient (Wildman–Crippen LogP) is 2.27. The highest BCUT2D eigenvalue weighted by molar-refractivity contribution is 5.95. The van der Waals surface area contributed by atoms with Crippen molar-refractivity contribution in [2.75, 3.05) is 7.11 Å². The number of ether oxygens (including phenoxy) is 1. The molecule has 0 fully saturated rings. The Labute approximate surface area is 118 Å². The van der Waals surface area contributed by atoms with Crippen LogP contribution < -0.4 is 10.1 Å². The Hall–Kier alpha value is -2.30. The lowest BCUT2D eigenvalue weighted by atomic mass is 10.1. The topological polar surface area (TPSA) is 67.0 Å². The average Bonchev–Trinajstić information content (AvgIpc) is 2.82. The van der Waals surface area contributed by atoms with E-state index in [0.717, 1.165) is 22.4 Å². The van der Waals surface area contributed by atoms with Crippen LogP contribution in [0.5, 0.6) is 5.88 Å². The number of carbonyl (C=O) groups is 1. The molecule has 0 unspecified atom stereocenters. The Morgan fingerprint density at radius 3 is 2.65 bits per heavy atom. The fourth-order valence-electron chi connectivity index (χ4n) is 2.16. The summed E-state index contributed by atoms with van der Waals surface area (Å²) in [6, 6.07) is 1.98. The van der Waals surface area contributed by atoms with Gasteiger partial charge in [0.15, 0.2) is 0 Å². The van der Waals surface area contributed by atoms with Crippen LogP contribution in [0, 0.1) is 20.8 Å². The Morgan fingerprint density at radius 2 is 2.05 bits per heavy atom. The normalized spacial score (nSPS) is 10.4. The Balaban J connectivity index is 2.15. The summed E-state index contributed by atoms with van der Waals surface area (Å²) in [4.78, 5) is 19.3. The molecule has 20 heavy (non-hydrogen) atoms. The van der Waals surface area contributed by atoms with Gasteiger partial charge in [0.1, 0.15) is 0 Å². The van der Waals surface area contributed by atoms with E-state index in [9.17, 15) is 4.79 Å². The van der Waals surface area contributed by atoms with Crippen molar-refractivity contribution in [3.8, 4) is 5.88 Å². The maximum absolute atomic E-state index is 12.1. The van der Waals surface area contributed by atoms with Gasteiger partial charge in [0.2, 0.25) is 5.88 Å². The quantitative estimate of drug-likeness (QED) is 0.898. The van der Waals surface area contributed by atoms with Gasteiger partial charge in [0.25, 0.3) is 5.91 Å². The van der Waals surface area contributed by atoms with Gasteiger partial charge in [-0.2, -0.15) is 0 Å². The Kier molecular flexibility index (Phi) is 4.08. The monoisotopic (exact) mass is 273 g/mol. The number of aryl methyl sites for hydroxylation is 3. The maximum atomic E-state index is 12.1. The predicted molar refractivity (Wildman–Crippen MR) is 77.0 cm³/mol. The molecule has 2 N–H and O–H groups in total. The van der Waals surface area contributed by atoms with Gasteiger partial charge in [-0.25, -0.2) is 4.98 Å². The first kappa shape index (κ1) is 14.1. The molecule has 0 atom stereocenters. The third-order valence-electron chi connectivity index (χ3n) is 3.25. The van der Waals surface area contributed by atoms with Crippen LogP contribution in [0.4, 0.5) is 0 Å². The molecular weight excluding hydrogens is 254 g/mol. The number of carbonyl (C=O) groups excluding carboxylic acids is 1. The van der Waals surface area contributed by atoms with Gasteiger partial charge >= 0.3 is 0 Å². The lowest BCUT2D eigenvalue weighted by Crippen LogP contribution is -2.24. The molecule has 2 rings (SSSR count). The Bertz CT molecular complexity index is 632. The molecule has 1 amide bonds. The molecule has 0 saturated heterocycles. The van der Waals surface area contributed by atoms with Crippen molar-refractivity contribution in [1.29, 1.82) is 0 Å². The van der Waals surface area contributed by atoms with Crippen LogP contribution in [0.2, 0.25) is 0 Å². The van der Waals surface area contributed by atoms with E-state index in [1.54, 1.807) is 19.5 Å². The molecule has 0 spiro atoms. The van der Waals surface area contributed by atoms with E-state index in [2.05, 4.69) is 15.3 Å². The number of hydrogen-bond donors (Lipinski definition) is 2. The minimum Gasteiger partial charge on any atom is -0.481 e. The van der Waals surface area contributed by atoms with E-state index >= 15 is 0 Å². The van der Waals surface area contributed by atoms with E-state index < -0.39 is 0 Å². The second-order valence-electron chi connectivity index (χ2n) is 4.80. The molecule has 5 nitrogen and oxygen atoms in total. The van der Waals surface area contributed by atoms with Crippen molar-refractivity contribution in [2.24, 2.45) is 0 Å². The molecule has 2 aromatic heterocycles. The van der Waals surface area contributed by atoms with Crippen LogP contribution in [-0.2, 0) is 6.54 Å². The number of rotatable bonds is 4. The number of amides is 1. The van der Waals surface area contributed by atoms with Crippen LogP contribution >= 0.6 is 0 Å². The molecule has 0 aliphatic heterocycles. The summed E-state index contributed by atoms with van der Waals surface area (Å²) in [6.45, 7) is 6.19. The van der Waals surface area contributed by atoms with Crippen LogP contribution in [0.3, 0.4) is 0 Å². The van der Waals surface area contributed by atoms with Gasteiger partial charge in [-0.3, -0.25) is 4.79 Å². The fourth-order valence-corrected chi connectivity index (χ4v) is 2.16. The van der Waals surface area contributed by atoms with Crippen LogP contribution in [0.15, 0.2) is 18.5 Å². The van der Waals surface area contributed by atoms with Crippen molar-refractivity contribution in [3.63, 3.8) is 0 Å². The van der Waals surface area contributed by atoms with Crippen molar-refractivity contribution in [1.82, 2.24) is 15.3 Å². The zero-order valence-electron chi connectivity index (χ0n) is 12.2. The first-order valence-electron chi connectivity index (χ1n) is 6.45. The molecule has 0 aliphatic rings. The van der Waals surface area contributed by atoms with Gasteiger partial charge in [-0.1, -0.05) is 0 Å². The van der Waals surface area contributed by atoms with E-state index in [4.69, 9.17) is 4.74 Å². The zero-order valence-corrected chi connectivity index (χ0v) is 12.2. The SMILES string of the molecule is COc1nc(C)cc(C)c1CNC(=O)c1c[nH]cc1C. The lowest BCUT2D eigenvalue weighted by molar-refractivity contribution is 0.0950. The number of nitrogens with zero attached hydrogens (tertiary/aromatic N) is 1. The summed E-state index contributed by atoms with van der Waals surface area (Å²) >= 11 is 0. The van der Waals surface area contributed by atoms with Crippen molar-refractivity contribution >= 4 is 5.91 Å². The third kappa shape index (κ3) is 2.82. The summed E-state index contributed by atoms with van der Waals surface area (Å²) in [7, 11) is 1.59. The first-order chi connectivity index (χ1) is 9.52. The van der Waals surface area contributed by atoms with Crippen LogP contribution in [0.25, 0.3) is 0 Å². The van der Waals surface area contributed by atoms with Crippen LogP contribution in [-0.4, -0.2) is 23.0 Å². The molecule has 2 heterocycles. The summed E-state index contributed by atoms with van der Waals surface area (Å²) in [5.41, 5.74) is 4.44. The molecule has 0 aromatic carbocycles. The number of hydrogen-bond acceptors (Lipinski definition) is 3. The van der Waals surface area contributed by atoms with Gasteiger partial charge in [-0.15, -0.1) is 0 Å². The maximum Gasteiger partial charge on any atom is 0.253 e. The summed E-state index contributed by atoms with van der Waals surface area (Å²) < 4.78 is 5.29. The number of pyridine rings is 1. The first-order valence-corrected chi connectivity index (χ1v) is 6.45. The third-order valence-corrected chi connectivity index (χ3v) is 3.25. The molecule has 5 heteroatoms. The number of aromatic amines is 1. The van der Waals surface area contributed by atoms with Crippen LogP contribution in [0.1, 0.15) is 32.7 Å². The van der Waals surface area contributed by atoms with Crippen molar-refractivity contribution < 1.29 is 9.53 Å². The number of aromatic nitrogens is 2. The Morgan fingerprint density at radius 1 is 1.30 bits per heavy atom. The lowest BCUT2D eigenvalue weighted by Gasteiger charge is -2.12. The molecule has 0 saturated carbocycles. The van der Waals surface area contributed by atoms with Gasteiger partial charge in [0.05, 0.1) is 12.7 Å². The highest BCUT2D eigenvalue weighted by Gasteiger charge is 2.13.